The van der Waals surface area contributed by atoms with Crippen molar-refractivity contribution in [1.29, 1.82) is 0 Å². The van der Waals surface area contributed by atoms with E-state index in [0.29, 0.717) is 19.8 Å². The molecule has 19 heavy (non-hydrogen) atoms. The van der Waals surface area contributed by atoms with E-state index in [2.05, 4.69) is 4.98 Å². The van der Waals surface area contributed by atoms with Crippen LogP contribution in [0.4, 0.5) is 0 Å². The van der Waals surface area contributed by atoms with Crippen LogP contribution >= 0.6 is 23.2 Å². The van der Waals surface area contributed by atoms with Crippen LogP contribution in [0.1, 0.15) is 13.8 Å². The Bertz CT molecular complexity index is 590. The number of nitrogens with zero attached hydrogens (tertiary/aromatic N) is 2. The second-order valence-corrected chi connectivity index (χ2v) is 7.51. The Morgan fingerprint density at radius 1 is 1.42 bits per heavy atom. The molecule has 0 unspecified atom stereocenters. The van der Waals surface area contributed by atoms with Gasteiger partial charge in [0.15, 0.2) is 0 Å². The van der Waals surface area contributed by atoms with Gasteiger partial charge < -0.3 is 4.74 Å². The fourth-order valence-corrected chi connectivity index (χ4v) is 4.02. The molecule has 1 saturated heterocycles. The third-order valence-electron chi connectivity index (χ3n) is 2.93. The van der Waals surface area contributed by atoms with Gasteiger partial charge in [-0.3, -0.25) is 0 Å². The lowest BCUT2D eigenvalue weighted by Crippen LogP contribution is -2.55. The molecule has 8 heteroatoms. The lowest BCUT2D eigenvalue weighted by molar-refractivity contribution is -0.00771. The molecular weight excluding hydrogens is 311 g/mol. The molecule has 0 aromatic carbocycles. The van der Waals surface area contributed by atoms with Gasteiger partial charge in [0.1, 0.15) is 10.0 Å². The highest BCUT2D eigenvalue weighted by Crippen LogP contribution is 2.29. The summed E-state index contributed by atoms with van der Waals surface area (Å²) in [4.78, 5) is 3.82. The van der Waals surface area contributed by atoms with E-state index in [1.54, 1.807) is 0 Å². The van der Waals surface area contributed by atoms with E-state index in [1.807, 2.05) is 13.8 Å². The maximum absolute atomic E-state index is 12.6. The van der Waals surface area contributed by atoms with Gasteiger partial charge in [-0.25, -0.2) is 13.4 Å². The van der Waals surface area contributed by atoms with Crippen molar-refractivity contribution in [2.75, 3.05) is 19.8 Å². The third-order valence-corrected chi connectivity index (χ3v) is 5.69. The fraction of sp³-hybridized carbons (Fsp3) is 0.545. The van der Waals surface area contributed by atoms with E-state index in [-0.39, 0.29) is 15.1 Å². The summed E-state index contributed by atoms with van der Waals surface area (Å²) in [5.74, 6) is 0. The molecule has 1 aromatic heterocycles. The maximum Gasteiger partial charge on any atom is 0.245 e. The standard InChI is InChI=1S/C11H14Cl2N2O3S/c1-11(2)7-18-4-3-15(11)19(16,17)8-5-9(12)10(13)14-6-8/h5-6H,3-4,7H2,1-2H3. The zero-order valence-electron chi connectivity index (χ0n) is 10.6. The zero-order chi connectivity index (χ0) is 14.3. The van der Waals surface area contributed by atoms with Crippen molar-refractivity contribution >= 4 is 33.2 Å². The summed E-state index contributed by atoms with van der Waals surface area (Å²) in [6, 6.07) is 1.32. The molecular formula is C11H14Cl2N2O3S. The second kappa shape index (κ2) is 5.18. The Balaban J connectivity index is 2.44. The van der Waals surface area contributed by atoms with Gasteiger partial charge in [0, 0.05) is 12.7 Å². The Morgan fingerprint density at radius 3 is 2.68 bits per heavy atom. The van der Waals surface area contributed by atoms with E-state index in [9.17, 15) is 8.42 Å². The van der Waals surface area contributed by atoms with E-state index in [4.69, 9.17) is 27.9 Å². The summed E-state index contributed by atoms with van der Waals surface area (Å²) >= 11 is 11.5. The number of aromatic nitrogens is 1. The summed E-state index contributed by atoms with van der Waals surface area (Å²) in [5.41, 5.74) is -0.608. The van der Waals surface area contributed by atoms with Crippen molar-refractivity contribution in [2.45, 2.75) is 24.3 Å². The first-order valence-corrected chi connectivity index (χ1v) is 7.86. The van der Waals surface area contributed by atoms with Crippen LogP contribution in [0.15, 0.2) is 17.2 Å². The number of hydrogen-bond acceptors (Lipinski definition) is 4. The highest BCUT2D eigenvalue weighted by atomic mass is 35.5. The smallest absolute Gasteiger partial charge is 0.245 e. The van der Waals surface area contributed by atoms with Crippen LogP contribution in [0.2, 0.25) is 10.2 Å². The molecule has 106 valence electrons. The summed E-state index contributed by atoms with van der Waals surface area (Å²) in [5, 5.41) is 0.204. The van der Waals surface area contributed by atoms with Crippen LogP contribution in [0.5, 0.6) is 0 Å². The minimum atomic E-state index is -3.66. The zero-order valence-corrected chi connectivity index (χ0v) is 12.9. The van der Waals surface area contributed by atoms with Crippen LogP contribution in [-0.2, 0) is 14.8 Å². The van der Waals surface area contributed by atoms with E-state index >= 15 is 0 Å². The molecule has 0 bridgehead atoms. The second-order valence-electron chi connectivity index (χ2n) is 4.89. The van der Waals surface area contributed by atoms with Crippen molar-refractivity contribution in [3.05, 3.63) is 22.4 Å². The van der Waals surface area contributed by atoms with Crippen LogP contribution in [0.3, 0.4) is 0 Å². The summed E-state index contributed by atoms with van der Waals surface area (Å²) in [6.45, 7) is 4.65. The number of morpholine rings is 1. The number of pyridine rings is 1. The van der Waals surface area contributed by atoms with Gasteiger partial charge in [0.2, 0.25) is 10.0 Å². The molecule has 0 atom stereocenters. The largest absolute Gasteiger partial charge is 0.378 e. The number of hydrogen-bond donors (Lipinski definition) is 0. The Kier molecular flexibility index (Phi) is 4.09. The lowest BCUT2D eigenvalue weighted by Gasteiger charge is -2.40. The van der Waals surface area contributed by atoms with E-state index in [0.717, 1.165) is 0 Å². The van der Waals surface area contributed by atoms with Gasteiger partial charge in [0.25, 0.3) is 0 Å². The van der Waals surface area contributed by atoms with Crippen molar-refractivity contribution < 1.29 is 13.2 Å². The molecule has 5 nitrogen and oxygen atoms in total. The summed E-state index contributed by atoms with van der Waals surface area (Å²) in [6.07, 6.45) is 1.22. The SMILES string of the molecule is CC1(C)COCCN1S(=O)(=O)c1cnc(Cl)c(Cl)c1. The van der Waals surface area contributed by atoms with Gasteiger partial charge in [-0.2, -0.15) is 4.31 Å². The number of ether oxygens (including phenoxy) is 1. The summed E-state index contributed by atoms with van der Waals surface area (Å²) in [7, 11) is -3.66. The molecule has 2 rings (SSSR count). The fourth-order valence-electron chi connectivity index (χ4n) is 1.96. The van der Waals surface area contributed by atoms with Crippen molar-refractivity contribution in [1.82, 2.24) is 9.29 Å². The van der Waals surface area contributed by atoms with Crippen LogP contribution in [0, 0.1) is 0 Å². The van der Waals surface area contributed by atoms with Gasteiger partial charge in [-0.05, 0) is 19.9 Å². The van der Waals surface area contributed by atoms with Crippen molar-refractivity contribution in [3.8, 4) is 0 Å². The van der Waals surface area contributed by atoms with Crippen molar-refractivity contribution in [3.63, 3.8) is 0 Å². The van der Waals surface area contributed by atoms with E-state index in [1.165, 1.54) is 16.6 Å². The molecule has 0 N–H and O–H groups in total. The first-order valence-electron chi connectivity index (χ1n) is 5.67. The molecule has 0 aliphatic carbocycles. The minimum absolute atomic E-state index is 0.0388. The molecule has 0 spiro atoms. The van der Waals surface area contributed by atoms with Crippen LogP contribution < -0.4 is 0 Å². The molecule has 0 radical (unpaired) electrons. The monoisotopic (exact) mass is 324 g/mol. The van der Waals surface area contributed by atoms with Crippen LogP contribution in [0.25, 0.3) is 0 Å². The molecule has 1 aliphatic rings. The predicted octanol–water partition coefficient (Wildman–Crippen LogP) is 2.19. The lowest BCUT2D eigenvalue weighted by atomic mass is 10.1. The minimum Gasteiger partial charge on any atom is -0.378 e. The molecule has 1 aliphatic heterocycles. The molecule has 2 heterocycles. The van der Waals surface area contributed by atoms with Gasteiger partial charge in [0.05, 0.1) is 23.8 Å². The van der Waals surface area contributed by atoms with Gasteiger partial charge in [-0.15, -0.1) is 0 Å². The highest BCUT2D eigenvalue weighted by molar-refractivity contribution is 7.89. The van der Waals surface area contributed by atoms with Crippen LogP contribution in [-0.4, -0.2) is 43.0 Å². The average molecular weight is 325 g/mol. The number of rotatable bonds is 2. The first kappa shape index (κ1) is 15.0. The molecule has 0 saturated carbocycles. The highest BCUT2D eigenvalue weighted by Gasteiger charge is 2.40. The topological polar surface area (TPSA) is 59.5 Å². The Morgan fingerprint density at radius 2 is 2.11 bits per heavy atom. The molecule has 1 aromatic rings. The quantitative estimate of drug-likeness (QED) is 0.782. The maximum atomic E-state index is 12.6. The van der Waals surface area contributed by atoms with Gasteiger partial charge >= 0.3 is 0 Å². The number of halogens is 2. The normalized spacial score (nSPS) is 20.4. The predicted molar refractivity (Wildman–Crippen MR) is 73.0 cm³/mol. The van der Waals surface area contributed by atoms with Crippen molar-refractivity contribution in [2.24, 2.45) is 0 Å². The number of sulfonamides is 1. The first-order chi connectivity index (χ1) is 8.75. The van der Waals surface area contributed by atoms with E-state index < -0.39 is 15.6 Å². The Hall–Kier alpha value is -0.400. The average Bonchev–Trinajstić information content (AvgIpc) is 2.31. The summed E-state index contributed by atoms with van der Waals surface area (Å²) < 4.78 is 31.9. The molecule has 1 fully saturated rings. The van der Waals surface area contributed by atoms with Gasteiger partial charge in [-0.1, -0.05) is 23.2 Å². The Labute approximate surface area is 122 Å². The molecule has 0 amide bonds. The third kappa shape index (κ3) is 2.87.